The third-order valence-electron chi connectivity index (χ3n) is 8.36. The molecule has 11 nitrogen and oxygen atoms in total. The first-order valence-electron chi connectivity index (χ1n) is 16.3. The van der Waals surface area contributed by atoms with Crippen molar-refractivity contribution in [2.75, 3.05) is 39.4 Å². The quantitative estimate of drug-likeness (QED) is 0.188. The first kappa shape index (κ1) is 33.4. The Hall–Kier alpha value is -4.08. The predicted octanol–water partition coefficient (Wildman–Crippen LogP) is 4.90. The van der Waals surface area contributed by atoms with Crippen molar-refractivity contribution in [3.63, 3.8) is 0 Å². The fourth-order valence-electron chi connectivity index (χ4n) is 6.04. The van der Waals surface area contributed by atoms with Crippen LogP contribution in [0, 0.1) is 5.82 Å². The summed E-state index contributed by atoms with van der Waals surface area (Å²) in [5.41, 5.74) is 1.78. The zero-order chi connectivity index (χ0) is 33.9. The molecule has 2 aliphatic heterocycles. The third kappa shape index (κ3) is 7.73. The summed E-state index contributed by atoms with van der Waals surface area (Å²) in [6.45, 7) is 7.90. The Morgan fingerprint density at radius 1 is 1.08 bits per heavy atom. The maximum atomic E-state index is 14.3. The highest BCUT2D eigenvalue weighted by atomic mass is 32.2. The monoisotopic (exact) mass is 704 g/mol. The van der Waals surface area contributed by atoms with Crippen LogP contribution in [0.15, 0.2) is 76.8 Å². The van der Waals surface area contributed by atoms with Crippen LogP contribution in [-0.4, -0.2) is 85.6 Å². The van der Waals surface area contributed by atoms with Crippen molar-refractivity contribution >= 4 is 35.0 Å². The van der Waals surface area contributed by atoms with E-state index < -0.39 is 5.56 Å². The molecule has 5 aromatic rings. The number of thiazole rings is 1. The van der Waals surface area contributed by atoms with Crippen molar-refractivity contribution in [2.45, 2.75) is 50.5 Å². The molecule has 1 unspecified atom stereocenters. The number of fused-ring (bicyclic) bond motifs is 1. The SMILES string of the molecule is CC1CN(C(=O)Cn2ccn3c(=O)c(OCc4ccccc4)c(-c4ncc(Cc5ccc(F)cc5SN5CCOCC5)s4)nc23)C[C@H](C)O1. The Balaban J connectivity index is 1.21. The van der Waals surface area contributed by atoms with E-state index in [1.165, 1.54) is 33.8 Å². The number of amides is 1. The smallest absolute Gasteiger partial charge is 0.302 e. The van der Waals surface area contributed by atoms with Gasteiger partial charge in [-0.3, -0.25) is 9.59 Å². The van der Waals surface area contributed by atoms with Crippen molar-refractivity contribution in [1.29, 1.82) is 0 Å². The number of imidazole rings is 1. The lowest BCUT2D eigenvalue weighted by Gasteiger charge is -2.35. The van der Waals surface area contributed by atoms with E-state index in [2.05, 4.69) is 4.31 Å². The van der Waals surface area contributed by atoms with Crippen LogP contribution in [0.4, 0.5) is 4.39 Å². The van der Waals surface area contributed by atoms with Gasteiger partial charge in [-0.15, -0.1) is 11.3 Å². The summed E-state index contributed by atoms with van der Waals surface area (Å²) in [5.74, 6) is 0.0189. The molecule has 0 N–H and O–H groups in total. The zero-order valence-corrected chi connectivity index (χ0v) is 28.9. The Morgan fingerprint density at radius 3 is 2.63 bits per heavy atom. The number of benzene rings is 2. The molecule has 0 spiro atoms. The Kier molecular flexibility index (Phi) is 10.1. The van der Waals surface area contributed by atoms with Crippen LogP contribution in [0.2, 0.25) is 0 Å². The molecule has 256 valence electrons. The fraction of sp³-hybridized carbons (Fsp3) is 0.371. The molecule has 3 aromatic heterocycles. The second-order valence-corrected chi connectivity index (χ2v) is 14.5. The third-order valence-corrected chi connectivity index (χ3v) is 10.6. The molecule has 0 radical (unpaired) electrons. The molecule has 49 heavy (non-hydrogen) atoms. The maximum Gasteiger partial charge on any atom is 0.302 e. The van der Waals surface area contributed by atoms with Crippen LogP contribution < -0.4 is 10.3 Å². The number of halogens is 1. The molecule has 2 saturated heterocycles. The fourth-order valence-corrected chi connectivity index (χ4v) is 7.99. The molecule has 0 saturated carbocycles. The number of hydrogen-bond acceptors (Lipinski definition) is 10. The van der Waals surface area contributed by atoms with Gasteiger partial charge in [0.2, 0.25) is 17.4 Å². The molecule has 2 atom stereocenters. The average molecular weight is 705 g/mol. The minimum absolute atomic E-state index is 0.0172. The van der Waals surface area contributed by atoms with E-state index in [1.807, 2.05) is 50.2 Å². The standard InChI is InChI=1S/C35H37FN6O5S2/c1-23-19-40(20-24(2)47-23)30(43)21-39-10-11-42-34(44)32(46-22-25-6-4-3-5-7-25)31(38-35(39)42)33-37-18-28(48-33)16-26-8-9-27(36)17-29(26)49-41-12-14-45-15-13-41/h3-11,17-18,23-24H,12-16,19-22H2,1-2H3/t23-,24?/m0/s1. The van der Waals surface area contributed by atoms with Gasteiger partial charge in [0.1, 0.15) is 24.0 Å². The highest BCUT2D eigenvalue weighted by molar-refractivity contribution is 7.97. The molecular weight excluding hydrogens is 668 g/mol. The van der Waals surface area contributed by atoms with Gasteiger partial charge in [-0.05, 0) is 49.1 Å². The summed E-state index contributed by atoms with van der Waals surface area (Å²) in [6.07, 6.45) is 5.46. The molecule has 2 fully saturated rings. The summed E-state index contributed by atoms with van der Waals surface area (Å²) in [5, 5.41) is 0.511. The van der Waals surface area contributed by atoms with Crippen LogP contribution in [0.1, 0.15) is 29.9 Å². The van der Waals surface area contributed by atoms with E-state index in [0.717, 1.165) is 34.0 Å². The van der Waals surface area contributed by atoms with Crippen LogP contribution in [0.3, 0.4) is 0 Å². The second kappa shape index (κ2) is 14.8. The summed E-state index contributed by atoms with van der Waals surface area (Å²) >= 11 is 2.94. The van der Waals surface area contributed by atoms with Crippen molar-refractivity contribution in [3.05, 3.63) is 99.3 Å². The molecule has 5 heterocycles. The van der Waals surface area contributed by atoms with Gasteiger partial charge in [-0.25, -0.2) is 23.1 Å². The minimum atomic E-state index is -0.393. The number of nitrogens with zero attached hydrogens (tertiary/aromatic N) is 6. The number of rotatable bonds is 10. The number of aromatic nitrogens is 4. The topological polar surface area (TPSA) is 103 Å². The van der Waals surface area contributed by atoms with Crippen molar-refractivity contribution < 1.29 is 23.4 Å². The van der Waals surface area contributed by atoms with Crippen LogP contribution in [-0.2, 0) is 33.8 Å². The minimum Gasteiger partial charge on any atom is -0.481 e. The van der Waals surface area contributed by atoms with Crippen LogP contribution >= 0.6 is 23.3 Å². The normalized spacial score (nSPS) is 18.6. The summed E-state index contributed by atoms with van der Waals surface area (Å²) in [7, 11) is 0. The number of carbonyl (C=O) groups is 1. The van der Waals surface area contributed by atoms with Gasteiger partial charge in [-0.1, -0.05) is 36.4 Å². The van der Waals surface area contributed by atoms with E-state index >= 15 is 0 Å². The summed E-state index contributed by atoms with van der Waals surface area (Å²) in [4.78, 5) is 40.5. The molecule has 2 aliphatic rings. The van der Waals surface area contributed by atoms with Gasteiger partial charge in [0.25, 0.3) is 0 Å². The number of morpholine rings is 2. The van der Waals surface area contributed by atoms with Gasteiger partial charge in [0.05, 0.1) is 25.4 Å². The highest BCUT2D eigenvalue weighted by Gasteiger charge is 2.27. The molecule has 0 bridgehead atoms. The molecule has 14 heteroatoms. The van der Waals surface area contributed by atoms with Crippen molar-refractivity contribution in [3.8, 4) is 16.5 Å². The summed E-state index contributed by atoms with van der Waals surface area (Å²) < 4.78 is 37.1. The second-order valence-electron chi connectivity index (χ2n) is 12.2. The molecular formula is C35H37FN6O5S2. The number of hydrogen-bond donors (Lipinski definition) is 0. The number of ether oxygens (including phenoxy) is 3. The average Bonchev–Trinajstić information content (AvgIpc) is 3.73. The molecule has 7 rings (SSSR count). The van der Waals surface area contributed by atoms with Gasteiger partial charge in [-0.2, -0.15) is 0 Å². The van der Waals surface area contributed by atoms with E-state index in [-0.39, 0.29) is 42.8 Å². The predicted molar refractivity (Wildman–Crippen MR) is 185 cm³/mol. The maximum absolute atomic E-state index is 14.3. The molecule has 2 aromatic carbocycles. The Bertz CT molecular complexity index is 1980. The van der Waals surface area contributed by atoms with Gasteiger partial charge >= 0.3 is 5.56 Å². The highest BCUT2D eigenvalue weighted by Crippen LogP contribution is 2.34. The van der Waals surface area contributed by atoms with E-state index in [9.17, 15) is 14.0 Å². The lowest BCUT2D eigenvalue weighted by Crippen LogP contribution is -2.49. The Labute approximate surface area is 291 Å². The molecule has 1 amide bonds. The lowest BCUT2D eigenvalue weighted by molar-refractivity contribution is -0.143. The van der Waals surface area contributed by atoms with E-state index in [4.69, 9.17) is 24.2 Å². The Morgan fingerprint density at radius 2 is 1.86 bits per heavy atom. The largest absolute Gasteiger partial charge is 0.481 e. The van der Waals surface area contributed by atoms with Crippen molar-refractivity contribution in [1.82, 2.24) is 28.1 Å². The summed E-state index contributed by atoms with van der Waals surface area (Å²) in [6, 6.07) is 14.4. The van der Waals surface area contributed by atoms with Gasteiger partial charge < -0.3 is 23.7 Å². The zero-order valence-electron chi connectivity index (χ0n) is 27.3. The first-order valence-corrected chi connectivity index (χ1v) is 17.9. The molecule has 0 aliphatic carbocycles. The van der Waals surface area contributed by atoms with Crippen LogP contribution in [0.5, 0.6) is 5.75 Å². The van der Waals surface area contributed by atoms with Gasteiger partial charge in [0, 0.05) is 61.0 Å². The van der Waals surface area contributed by atoms with Crippen LogP contribution in [0.25, 0.3) is 16.5 Å². The number of carbonyl (C=O) groups excluding carboxylic acids is 1. The van der Waals surface area contributed by atoms with E-state index in [1.54, 1.807) is 34.1 Å². The van der Waals surface area contributed by atoms with Gasteiger partial charge in [0.15, 0.2) is 5.69 Å². The lowest BCUT2D eigenvalue weighted by atomic mass is 10.1. The first-order chi connectivity index (χ1) is 23.8. The van der Waals surface area contributed by atoms with Crippen molar-refractivity contribution in [2.24, 2.45) is 0 Å². The van der Waals surface area contributed by atoms with E-state index in [0.29, 0.717) is 49.2 Å².